The number of benzene rings is 1. The summed E-state index contributed by atoms with van der Waals surface area (Å²) in [5.41, 5.74) is 1.20. The molecule has 0 heterocycles. The monoisotopic (exact) mass is 272 g/mol. The van der Waals surface area contributed by atoms with Crippen LogP contribution in [0.25, 0.3) is 0 Å². The van der Waals surface area contributed by atoms with Crippen LogP contribution in [-0.2, 0) is 0 Å². The van der Waals surface area contributed by atoms with E-state index < -0.39 is 0 Å². The van der Waals surface area contributed by atoms with Crippen molar-refractivity contribution in [3.63, 3.8) is 0 Å². The predicted octanol–water partition coefficient (Wildman–Crippen LogP) is 2.60. The average molecular weight is 273 g/mol. The van der Waals surface area contributed by atoms with Crippen LogP contribution in [0.2, 0.25) is 0 Å². The topological polar surface area (TPSA) is 24.1 Å². The Labute approximate surface area is 98.2 Å². The normalized spacial score (nSPS) is 11.9. The zero-order valence-electron chi connectivity index (χ0n) is 8.17. The van der Waals surface area contributed by atoms with Crippen LogP contribution in [0.1, 0.15) is 18.5 Å². The maximum atomic E-state index is 5.04. The highest BCUT2D eigenvalue weighted by Gasteiger charge is 2.08. The van der Waals surface area contributed by atoms with Crippen LogP contribution < -0.4 is 10.6 Å². The third-order valence-corrected chi connectivity index (χ3v) is 2.99. The molecule has 0 bridgehead atoms. The van der Waals surface area contributed by atoms with Crippen molar-refractivity contribution in [2.24, 2.45) is 0 Å². The van der Waals surface area contributed by atoms with Gasteiger partial charge in [0.15, 0.2) is 5.11 Å². The smallest absolute Gasteiger partial charge is 0.166 e. The van der Waals surface area contributed by atoms with Gasteiger partial charge in [0, 0.05) is 11.5 Å². The van der Waals surface area contributed by atoms with Gasteiger partial charge in [0.1, 0.15) is 0 Å². The largest absolute Gasteiger partial charge is 0.366 e. The van der Waals surface area contributed by atoms with E-state index in [1.54, 1.807) is 0 Å². The number of hydrogen-bond acceptors (Lipinski definition) is 1. The Morgan fingerprint density at radius 3 is 2.64 bits per heavy atom. The van der Waals surface area contributed by atoms with Crippen molar-refractivity contribution in [1.29, 1.82) is 0 Å². The molecule has 0 aromatic heterocycles. The first-order chi connectivity index (χ1) is 6.65. The van der Waals surface area contributed by atoms with Crippen molar-refractivity contribution in [2.75, 3.05) is 7.05 Å². The van der Waals surface area contributed by atoms with Crippen molar-refractivity contribution in [3.8, 4) is 0 Å². The first-order valence-electron chi connectivity index (χ1n) is 4.38. The molecule has 1 aromatic rings. The fourth-order valence-electron chi connectivity index (χ4n) is 1.17. The highest BCUT2D eigenvalue weighted by atomic mass is 79.9. The molecule has 0 amide bonds. The SMILES string of the molecule is CNC(=S)N[C@H](C)c1ccccc1Br. The lowest BCUT2D eigenvalue weighted by molar-refractivity contribution is 0.706. The van der Waals surface area contributed by atoms with Gasteiger partial charge in [-0.25, -0.2) is 0 Å². The van der Waals surface area contributed by atoms with Gasteiger partial charge < -0.3 is 10.6 Å². The van der Waals surface area contributed by atoms with E-state index in [9.17, 15) is 0 Å². The first kappa shape index (κ1) is 11.5. The lowest BCUT2D eigenvalue weighted by Crippen LogP contribution is -2.34. The third-order valence-electron chi connectivity index (χ3n) is 1.95. The second-order valence-electron chi connectivity index (χ2n) is 2.97. The highest BCUT2D eigenvalue weighted by Crippen LogP contribution is 2.22. The maximum Gasteiger partial charge on any atom is 0.166 e. The summed E-state index contributed by atoms with van der Waals surface area (Å²) in [7, 11) is 1.81. The molecule has 0 saturated heterocycles. The summed E-state index contributed by atoms with van der Waals surface area (Å²) in [6.45, 7) is 2.07. The molecule has 0 aliphatic heterocycles. The molecule has 1 aromatic carbocycles. The lowest BCUT2D eigenvalue weighted by atomic mass is 10.1. The maximum absolute atomic E-state index is 5.04. The van der Waals surface area contributed by atoms with Gasteiger partial charge in [-0.2, -0.15) is 0 Å². The van der Waals surface area contributed by atoms with Gasteiger partial charge in [0.25, 0.3) is 0 Å². The fraction of sp³-hybridized carbons (Fsp3) is 0.300. The number of hydrogen-bond donors (Lipinski definition) is 2. The molecule has 1 rings (SSSR count). The molecule has 0 aliphatic rings. The van der Waals surface area contributed by atoms with Crippen molar-refractivity contribution in [2.45, 2.75) is 13.0 Å². The predicted molar refractivity (Wildman–Crippen MR) is 67.4 cm³/mol. The van der Waals surface area contributed by atoms with Crippen LogP contribution in [0, 0.1) is 0 Å². The molecule has 0 fully saturated rings. The van der Waals surface area contributed by atoms with Crippen LogP contribution in [0.15, 0.2) is 28.7 Å². The molecule has 14 heavy (non-hydrogen) atoms. The molecular formula is C10H13BrN2S. The molecule has 0 radical (unpaired) electrons. The van der Waals surface area contributed by atoms with Crippen molar-refractivity contribution in [1.82, 2.24) is 10.6 Å². The van der Waals surface area contributed by atoms with E-state index in [4.69, 9.17) is 12.2 Å². The summed E-state index contributed by atoms with van der Waals surface area (Å²) in [6.07, 6.45) is 0. The zero-order valence-corrected chi connectivity index (χ0v) is 10.6. The Morgan fingerprint density at radius 2 is 2.07 bits per heavy atom. The Morgan fingerprint density at radius 1 is 1.43 bits per heavy atom. The molecular weight excluding hydrogens is 260 g/mol. The molecule has 2 nitrogen and oxygen atoms in total. The lowest BCUT2D eigenvalue weighted by Gasteiger charge is -2.17. The van der Waals surface area contributed by atoms with Crippen molar-refractivity contribution >= 4 is 33.3 Å². The molecule has 76 valence electrons. The summed E-state index contributed by atoms with van der Waals surface area (Å²) in [4.78, 5) is 0. The van der Waals surface area contributed by atoms with Gasteiger partial charge in [-0.15, -0.1) is 0 Å². The number of nitrogens with one attached hydrogen (secondary N) is 2. The molecule has 0 unspecified atom stereocenters. The number of rotatable bonds is 2. The molecule has 0 saturated carbocycles. The summed E-state index contributed by atoms with van der Waals surface area (Å²) >= 11 is 8.54. The van der Waals surface area contributed by atoms with Crippen molar-refractivity contribution < 1.29 is 0 Å². The molecule has 2 N–H and O–H groups in total. The summed E-state index contributed by atoms with van der Waals surface area (Å²) < 4.78 is 1.10. The molecule has 1 atom stereocenters. The van der Waals surface area contributed by atoms with E-state index in [1.165, 1.54) is 5.56 Å². The van der Waals surface area contributed by atoms with Crippen LogP contribution in [0.3, 0.4) is 0 Å². The van der Waals surface area contributed by atoms with Gasteiger partial charge >= 0.3 is 0 Å². The van der Waals surface area contributed by atoms with E-state index in [1.807, 2.05) is 25.2 Å². The van der Waals surface area contributed by atoms with E-state index >= 15 is 0 Å². The van der Waals surface area contributed by atoms with Crippen LogP contribution in [-0.4, -0.2) is 12.2 Å². The van der Waals surface area contributed by atoms with Gasteiger partial charge in [0.2, 0.25) is 0 Å². The van der Waals surface area contributed by atoms with Gasteiger partial charge in [0.05, 0.1) is 6.04 Å². The minimum Gasteiger partial charge on any atom is -0.366 e. The first-order valence-corrected chi connectivity index (χ1v) is 5.58. The second kappa shape index (κ2) is 5.32. The zero-order chi connectivity index (χ0) is 10.6. The van der Waals surface area contributed by atoms with Gasteiger partial charge in [-0.05, 0) is 30.8 Å². The summed E-state index contributed by atoms with van der Waals surface area (Å²) in [5, 5.41) is 6.73. The van der Waals surface area contributed by atoms with Gasteiger partial charge in [-0.1, -0.05) is 34.1 Å². The number of thiocarbonyl (C=S) groups is 1. The van der Waals surface area contributed by atoms with E-state index in [0.717, 1.165) is 4.47 Å². The quantitative estimate of drug-likeness (QED) is 0.810. The molecule has 4 heteroatoms. The van der Waals surface area contributed by atoms with E-state index in [2.05, 4.69) is 39.6 Å². The van der Waals surface area contributed by atoms with E-state index in [0.29, 0.717) is 5.11 Å². The Kier molecular flexibility index (Phi) is 4.35. The van der Waals surface area contributed by atoms with Crippen LogP contribution in [0.4, 0.5) is 0 Å². The average Bonchev–Trinajstić information content (AvgIpc) is 2.18. The summed E-state index contributed by atoms with van der Waals surface area (Å²) in [5.74, 6) is 0. The minimum absolute atomic E-state index is 0.200. The highest BCUT2D eigenvalue weighted by molar-refractivity contribution is 9.10. The molecule has 0 spiro atoms. The van der Waals surface area contributed by atoms with Crippen LogP contribution >= 0.6 is 28.1 Å². The Hall–Kier alpha value is -0.610. The fourth-order valence-corrected chi connectivity index (χ4v) is 1.98. The Bertz CT molecular complexity index is 328. The minimum atomic E-state index is 0.200. The summed E-state index contributed by atoms with van der Waals surface area (Å²) in [6, 6.07) is 8.30. The Balaban J connectivity index is 2.74. The second-order valence-corrected chi connectivity index (χ2v) is 4.23. The van der Waals surface area contributed by atoms with Crippen molar-refractivity contribution in [3.05, 3.63) is 34.3 Å². The number of halogens is 1. The third kappa shape index (κ3) is 2.96. The standard InChI is InChI=1S/C10H13BrN2S/c1-7(13-10(14)12-2)8-5-3-4-6-9(8)11/h3-7H,1-2H3,(H2,12,13,14)/t7-/m1/s1. The van der Waals surface area contributed by atoms with E-state index in [-0.39, 0.29) is 6.04 Å². The van der Waals surface area contributed by atoms with Crippen LogP contribution in [0.5, 0.6) is 0 Å². The van der Waals surface area contributed by atoms with Gasteiger partial charge in [-0.3, -0.25) is 0 Å². The molecule has 0 aliphatic carbocycles.